The van der Waals surface area contributed by atoms with Crippen LogP contribution in [0.3, 0.4) is 0 Å². The Balaban J connectivity index is 1.78. The van der Waals surface area contributed by atoms with Crippen LogP contribution in [-0.2, 0) is 11.2 Å². The maximum atomic E-state index is 13.1. The van der Waals surface area contributed by atoms with Gasteiger partial charge in [-0.1, -0.05) is 36.4 Å². The van der Waals surface area contributed by atoms with Crippen molar-refractivity contribution in [3.63, 3.8) is 0 Å². The lowest BCUT2D eigenvalue weighted by atomic mass is 9.89. The minimum Gasteiger partial charge on any atom is -0.493 e. The van der Waals surface area contributed by atoms with E-state index in [1.807, 2.05) is 12.1 Å². The first-order chi connectivity index (χ1) is 15.3. The highest BCUT2D eigenvalue weighted by atomic mass is 16.4. The number of rotatable bonds is 8. The molecule has 0 radical (unpaired) electrons. The second-order valence-electron chi connectivity index (χ2n) is 7.79. The first-order valence-corrected chi connectivity index (χ1v) is 10.3. The number of carboxylic acid groups (broad SMARTS) is 1. The molecule has 1 heterocycles. The van der Waals surface area contributed by atoms with Crippen molar-refractivity contribution >= 4 is 23.9 Å². The van der Waals surface area contributed by atoms with Gasteiger partial charge in [-0.15, -0.1) is 0 Å². The molecule has 6 N–H and O–H groups in total. The van der Waals surface area contributed by atoms with Gasteiger partial charge in [-0.05, 0) is 49.1 Å². The number of aliphatic imine (C=N–C) groups is 1. The summed E-state index contributed by atoms with van der Waals surface area (Å²) in [5, 5.41) is 29.9. The first kappa shape index (κ1) is 22.7. The lowest BCUT2D eigenvalue weighted by Crippen LogP contribution is -2.42. The second-order valence-corrected chi connectivity index (χ2v) is 7.79. The largest absolute Gasteiger partial charge is 0.493 e. The van der Waals surface area contributed by atoms with Gasteiger partial charge < -0.3 is 21.3 Å². The number of carbonyl (C=O) groups excluding carboxylic acids is 1. The monoisotopic (exact) mass is 434 g/mol. The third-order valence-corrected chi connectivity index (χ3v) is 5.51. The Morgan fingerprint density at radius 3 is 2.69 bits per heavy atom. The molecule has 32 heavy (non-hydrogen) atoms. The third kappa shape index (κ3) is 5.40. The molecule has 0 saturated heterocycles. The predicted molar refractivity (Wildman–Crippen MR) is 122 cm³/mol. The van der Waals surface area contributed by atoms with E-state index in [9.17, 15) is 19.8 Å². The van der Waals surface area contributed by atoms with Crippen LogP contribution in [0, 0.1) is 11.3 Å². The van der Waals surface area contributed by atoms with Gasteiger partial charge in [0.2, 0.25) is 5.88 Å². The molecule has 3 rings (SSSR count). The molecule has 0 spiro atoms. The van der Waals surface area contributed by atoms with Crippen molar-refractivity contribution in [3.05, 3.63) is 82.7 Å². The van der Waals surface area contributed by atoms with E-state index in [1.54, 1.807) is 55.6 Å². The predicted octanol–water partition coefficient (Wildman–Crippen LogP) is 2.99. The van der Waals surface area contributed by atoms with E-state index in [0.717, 1.165) is 5.56 Å². The lowest BCUT2D eigenvalue weighted by molar-refractivity contribution is -0.142. The standard InChI is InChI=1S/C24H26N4O4/c1-14(20(24(31)32)12-15-5-4-6-17(11-15)22(25)26)28-23(30)19-8-3-2-7-18(19)16-9-10-27-21(29)13-16/h2-8,10-11,13-14,16,20,29H,9,12H2,1H3,(H3,25,26)(H,28,30)(H,31,32)/t14-,16?,20-/m1/s1. The van der Waals surface area contributed by atoms with E-state index < -0.39 is 17.9 Å². The molecule has 8 nitrogen and oxygen atoms in total. The minimum absolute atomic E-state index is 0.0930. The molecule has 1 amide bonds. The average molecular weight is 434 g/mol. The molecule has 1 aliphatic heterocycles. The molecule has 3 atom stereocenters. The molecule has 0 aromatic heterocycles. The van der Waals surface area contributed by atoms with Crippen molar-refractivity contribution in [3.8, 4) is 0 Å². The Hall–Kier alpha value is -3.94. The van der Waals surface area contributed by atoms with Crippen molar-refractivity contribution in [2.45, 2.75) is 31.7 Å². The van der Waals surface area contributed by atoms with Gasteiger partial charge in [0, 0.05) is 29.3 Å². The van der Waals surface area contributed by atoms with Crippen LogP contribution in [-0.4, -0.2) is 40.2 Å². The van der Waals surface area contributed by atoms with E-state index in [0.29, 0.717) is 23.1 Å². The highest BCUT2D eigenvalue weighted by molar-refractivity contribution is 5.97. The number of carboxylic acids is 1. The summed E-state index contributed by atoms with van der Waals surface area (Å²) in [7, 11) is 0. The molecule has 2 aromatic rings. The van der Waals surface area contributed by atoms with E-state index in [2.05, 4.69) is 10.3 Å². The Morgan fingerprint density at radius 2 is 2.00 bits per heavy atom. The van der Waals surface area contributed by atoms with Crippen LogP contribution < -0.4 is 11.1 Å². The summed E-state index contributed by atoms with van der Waals surface area (Å²) in [6, 6.07) is 13.3. The number of aliphatic hydroxyl groups excluding tert-OH is 1. The molecule has 0 aliphatic carbocycles. The van der Waals surface area contributed by atoms with E-state index >= 15 is 0 Å². The summed E-state index contributed by atoms with van der Waals surface area (Å²) in [5.74, 6) is -2.68. The van der Waals surface area contributed by atoms with Gasteiger partial charge in [0.15, 0.2) is 0 Å². The van der Waals surface area contributed by atoms with Crippen LogP contribution in [0.1, 0.15) is 46.3 Å². The molecule has 0 bridgehead atoms. The summed E-state index contributed by atoms with van der Waals surface area (Å²) >= 11 is 0. The van der Waals surface area contributed by atoms with Gasteiger partial charge in [0.1, 0.15) is 5.84 Å². The van der Waals surface area contributed by atoms with Crippen LogP contribution in [0.5, 0.6) is 0 Å². The fourth-order valence-corrected chi connectivity index (χ4v) is 3.78. The molecule has 0 saturated carbocycles. The minimum atomic E-state index is -1.03. The molecule has 166 valence electrons. The highest BCUT2D eigenvalue weighted by Gasteiger charge is 2.28. The summed E-state index contributed by atoms with van der Waals surface area (Å²) in [6.45, 7) is 1.66. The number of amides is 1. The number of hydrogen-bond acceptors (Lipinski definition) is 5. The smallest absolute Gasteiger partial charge is 0.308 e. The maximum Gasteiger partial charge on any atom is 0.308 e. The summed E-state index contributed by atoms with van der Waals surface area (Å²) < 4.78 is 0. The SMILES string of the molecule is C[C@@H](NC(=O)c1ccccc1C1C=C(O)N=CC1)[C@@H](Cc1cccc(C(=N)N)c1)C(=O)O. The van der Waals surface area contributed by atoms with Crippen molar-refractivity contribution < 1.29 is 19.8 Å². The fourth-order valence-electron chi connectivity index (χ4n) is 3.78. The van der Waals surface area contributed by atoms with Gasteiger partial charge >= 0.3 is 5.97 Å². The van der Waals surface area contributed by atoms with Crippen molar-refractivity contribution in [1.29, 1.82) is 5.41 Å². The van der Waals surface area contributed by atoms with Gasteiger partial charge in [0.05, 0.1) is 5.92 Å². The summed E-state index contributed by atoms with van der Waals surface area (Å²) in [5.41, 5.74) is 7.92. The van der Waals surface area contributed by atoms with E-state index in [-0.39, 0.29) is 30.0 Å². The number of benzene rings is 2. The van der Waals surface area contributed by atoms with Gasteiger partial charge in [-0.2, -0.15) is 0 Å². The summed E-state index contributed by atoms with van der Waals surface area (Å²) in [4.78, 5) is 28.9. The van der Waals surface area contributed by atoms with Gasteiger partial charge in [-0.3, -0.25) is 15.0 Å². The maximum absolute atomic E-state index is 13.1. The molecule has 1 aliphatic rings. The Kier molecular flexibility index (Phi) is 7.04. The number of nitrogens with zero attached hydrogens (tertiary/aromatic N) is 1. The number of amidine groups is 1. The number of nitrogen functional groups attached to an aromatic ring is 1. The lowest BCUT2D eigenvalue weighted by Gasteiger charge is -2.23. The molecule has 0 fully saturated rings. The number of carbonyl (C=O) groups is 2. The topological polar surface area (TPSA) is 149 Å². The average Bonchev–Trinajstić information content (AvgIpc) is 2.77. The Bertz CT molecular complexity index is 1090. The number of allylic oxidation sites excluding steroid dienone is 1. The van der Waals surface area contributed by atoms with E-state index in [4.69, 9.17) is 11.1 Å². The molecular formula is C24H26N4O4. The van der Waals surface area contributed by atoms with Crippen molar-refractivity contribution in [2.75, 3.05) is 0 Å². The zero-order valence-corrected chi connectivity index (χ0v) is 17.7. The van der Waals surface area contributed by atoms with Crippen LogP contribution in [0.15, 0.2) is 65.5 Å². The normalized spacial score (nSPS) is 17.2. The third-order valence-electron chi connectivity index (χ3n) is 5.51. The zero-order chi connectivity index (χ0) is 23.3. The molecule has 1 unspecified atom stereocenters. The molecular weight excluding hydrogens is 408 g/mol. The number of aliphatic hydroxyl groups is 1. The number of aliphatic carboxylic acids is 1. The summed E-state index contributed by atoms with van der Waals surface area (Å²) in [6.07, 6.45) is 3.92. The Morgan fingerprint density at radius 1 is 1.25 bits per heavy atom. The Labute approximate surface area is 186 Å². The van der Waals surface area contributed by atoms with Crippen LogP contribution in [0.4, 0.5) is 0 Å². The van der Waals surface area contributed by atoms with Gasteiger partial charge in [0.25, 0.3) is 5.91 Å². The number of nitrogens with two attached hydrogens (primary N) is 1. The molecule has 8 heteroatoms. The highest BCUT2D eigenvalue weighted by Crippen LogP contribution is 2.28. The fraction of sp³-hybridized carbons (Fsp3) is 0.250. The van der Waals surface area contributed by atoms with Crippen LogP contribution >= 0.6 is 0 Å². The van der Waals surface area contributed by atoms with E-state index in [1.165, 1.54) is 0 Å². The first-order valence-electron chi connectivity index (χ1n) is 10.3. The zero-order valence-electron chi connectivity index (χ0n) is 17.7. The van der Waals surface area contributed by atoms with Crippen molar-refractivity contribution in [1.82, 2.24) is 5.32 Å². The second kappa shape index (κ2) is 9.91. The van der Waals surface area contributed by atoms with Crippen LogP contribution in [0.25, 0.3) is 0 Å². The quantitative estimate of drug-likeness (QED) is 0.320. The number of nitrogens with one attached hydrogen (secondary N) is 2. The van der Waals surface area contributed by atoms with Crippen molar-refractivity contribution in [2.24, 2.45) is 16.6 Å². The van der Waals surface area contributed by atoms with Gasteiger partial charge in [-0.25, -0.2) is 4.99 Å². The van der Waals surface area contributed by atoms with Crippen LogP contribution in [0.2, 0.25) is 0 Å². The number of hydrogen-bond donors (Lipinski definition) is 5. The molecule has 2 aromatic carbocycles.